The lowest BCUT2D eigenvalue weighted by molar-refractivity contribution is -0.120. The minimum Gasteiger partial charge on any atom is -0.486 e. The Morgan fingerprint density at radius 2 is 2.14 bits per heavy atom. The van der Waals surface area contributed by atoms with E-state index in [1.165, 1.54) is 0 Å². The molecule has 5 rings (SSSR count). The fourth-order valence-electron chi connectivity index (χ4n) is 3.72. The monoisotopic (exact) mass is 395 g/mol. The smallest absolute Gasteiger partial charge is 0.231 e. The van der Waals surface area contributed by atoms with E-state index in [9.17, 15) is 4.79 Å². The Bertz CT molecular complexity index is 998. The second-order valence-electron chi connectivity index (χ2n) is 7.23. The molecule has 1 amide bonds. The van der Waals surface area contributed by atoms with E-state index < -0.39 is 0 Å². The number of amides is 1. The van der Waals surface area contributed by atoms with Gasteiger partial charge in [-0.25, -0.2) is 0 Å². The molecule has 1 aromatic carbocycles. The summed E-state index contributed by atoms with van der Waals surface area (Å²) in [6.07, 6.45) is 4.74. The molecular formula is C21H21N3O3S. The number of thiophene rings is 1. The highest BCUT2D eigenvalue weighted by atomic mass is 32.1. The molecule has 28 heavy (non-hydrogen) atoms. The van der Waals surface area contributed by atoms with Crippen LogP contribution in [-0.4, -0.2) is 28.9 Å². The molecule has 0 radical (unpaired) electrons. The Morgan fingerprint density at radius 1 is 1.29 bits per heavy atom. The molecule has 2 aliphatic rings. The van der Waals surface area contributed by atoms with Gasteiger partial charge in [0.2, 0.25) is 5.91 Å². The molecule has 0 spiro atoms. The summed E-state index contributed by atoms with van der Waals surface area (Å²) in [6.45, 7) is 1.65. The highest BCUT2D eigenvalue weighted by Crippen LogP contribution is 2.49. The van der Waals surface area contributed by atoms with Gasteiger partial charge in [-0.2, -0.15) is 5.10 Å². The number of benzene rings is 1. The van der Waals surface area contributed by atoms with Crippen LogP contribution in [0.2, 0.25) is 0 Å². The molecule has 144 valence electrons. The maximum absolute atomic E-state index is 13.4. The zero-order chi connectivity index (χ0) is 19.1. The van der Waals surface area contributed by atoms with Gasteiger partial charge in [0.25, 0.3) is 0 Å². The zero-order valence-electron chi connectivity index (χ0n) is 15.6. The molecule has 1 saturated carbocycles. The third-order valence-electron chi connectivity index (χ3n) is 5.26. The number of carbonyl (C=O) groups is 1. The van der Waals surface area contributed by atoms with Gasteiger partial charge in [0, 0.05) is 35.8 Å². The first kappa shape index (κ1) is 17.3. The molecule has 3 heterocycles. The predicted molar refractivity (Wildman–Crippen MR) is 107 cm³/mol. The van der Waals surface area contributed by atoms with Crippen molar-refractivity contribution in [2.45, 2.75) is 18.9 Å². The SMILES string of the molecule is Cn1cc([C@@H]2C[C@H]2C(=O)N(Cc2cccs2)c2ccc3c(c2)OCCO3)cn1. The van der Waals surface area contributed by atoms with Crippen molar-refractivity contribution in [1.82, 2.24) is 9.78 Å². The standard InChI is InChI=1S/C21H21N3O3S/c1-23-12-14(11-22-23)17-10-18(17)21(25)24(13-16-3-2-8-28-16)15-4-5-19-20(9-15)27-7-6-26-19/h2-5,8-9,11-12,17-18H,6-7,10,13H2,1H3/t17-,18+/m0/s1. The predicted octanol–water partition coefficient (Wildman–Crippen LogP) is 3.59. The van der Waals surface area contributed by atoms with Gasteiger partial charge in [0.05, 0.1) is 12.7 Å². The Kier molecular flexibility index (Phi) is 4.31. The number of carbonyl (C=O) groups excluding carboxylic acids is 1. The summed E-state index contributed by atoms with van der Waals surface area (Å²) in [6, 6.07) is 9.84. The summed E-state index contributed by atoms with van der Waals surface area (Å²) < 4.78 is 13.1. The summed E-state index contributed by atoms with van der Waals surface area (Å²) in [5, 5.41) is 6.29. The first-order chi connectivity index (χ1) is 13.7. The number of nitrogens with zero attached hydrogens (tertiary/aromatic N) is 3. The van der Waals surface area contributed by atoms with Crippen molar-refractivity contribution < 1.29 is 14.3 Å². The van der Waals surface area contributed by atoms with Gasteiger partial charge in [-0.3, -0.25) is 9.48 Å². The van der Waals surface area contributed by atoms with Crippen LogP contribution in [0.15, 0.2) is 48.1 Å². The summed E-state index contributed by atoms with van der Waals surface area (Å²) in [7, 11) is 1.90. The van der Waals surface area contributed by atoms with Gasteiger partial charge < -0.3 is 14.4 Å². The van der Waals surface area contributed by atoms with E-state index in [1.807, 2.05) is 54.0 Å². The van der Waals surface area contributed by atoms with Crippen molar-refractivity contribution in [3.8, 4) is 11.5 Å². The zero-order valence-corrected chi connectivity index (χ0v) is 16.4. The van der Waals surface area contributed by atoms with E-state index in [4.69, 9.17) is 9.47 Å². The number of rotatable bonds is 5. The Balaban J connectivity index is 1.42. The van der Waals surface area contributed by atoms with E-state index in [-0.39, 0.29) is 17.7 Å². The van der Waals surface area contributed by atoms with Crippen LogP contribution in [0.1, 0.15) is 22.8 Å². The van der Waals surface area contributed by atoms with Crippen molar-refractivity contribution in [2.24, 2.45) is 13.0 Å². The van der Waals surface area contributed by atoms with Crippen LogP contribution in [0.5, 0.6) is 11.5 Å². The van der Waals surface area contributed by atoms with E-state index >= 15 is 0 Å². The first-order valence-electron chi connectivity index (χ1n) is 9.41. The highest BCUT2D eigenvalue weighted by Gasteiger charge is 2.46. The topological polar surface area (TPSA) is 56.6 Å². The number of hydrogen-bond donors (Lipinski definition) is 0. The lowest BCUT2D eigenvalue weighted by Crippen LogP contribution is -2.32. The van der Waals surface area contributed by atoms with Crippen LogP contribution >= 0.6 is 11.3 Å². The summed E-state index contributed by atoms with van der Waals surface area (Å²) in [5.41, 5.74) is 1.98. The average molecular weight is 395 g/mol. The summed E-state index contributed by atoms with van der Waals surface area (Å²) in [4.78, 5) is 16.5. The number of aromatic nitrogens is 2. The van der Waals surface area contributed by atoms with Gasteiger partial charge in [-0.1, -0.05) is 6.07 Å². The Labute approximate surface area is 167 Å². The molecule has 1 aliphatic carbocycles. The molecule has 3 aromatic rings. The van der Waals surface area contributed by atoms with E-state index in [0.29, 0.717) is 25.5 Å². The average Bonchev–Trinajstić information content (AvgIpc) is 3.11. The van der Waals surface area contributed by atoms with E-state index in [2.05, 4.69) is 11.2 Å². The maximum Gasteiger partial charge on any atom is 0.231 e. The second kappa shape index (κ2) is 6.98. The first-order valence-corrected chi connectivity index (χ1v) is 10.3. The van der Waals surface area contributed by atoms with Crippen molar-refractivity contribution in [3.05, 3.63) is 58.5 Å². The molecule has 2 aromatic heterocycles. The fourth-order valence-corrected chi connectivity index (χ4v) is 4.42. The molecule has 1 fully saturated rings. The number of ether oxygens (including phenoxy) is 2. The second-order valence-corrected chi connectivity index (χ2v) is 8.26. The van der Waals surface area contributed by atoms with Crippen molar-refractivity contribution in [3.63, 3.8) is 0 Å². The van der Waals surface area contributed by atoms with Crippen molar-refractivity contribution in [1.29, 1.82) is 0 Å². The largest absolute Gasteiger partial charge is 0.486 e. The quantitative estimate of drug-likeness (QED) is 0.663. The number of anilines is 1. The fraction of sp³-hybridized carbons (Fsp3) is 0.333. The molecule has 7 heteroatoms. The van der Waals surface area contributed by atoms with Gasteiger partial charge in [0.15, 0.2) is 11.5 Å². The van der Waals surface area contributed by atoms with E-state index in [1.54, 1.807) is 16.0 Å². The van der Waals surface area contributed by atoms with Crippen molar-refractivity contribution >= 4 is 22.9 Å². The normalized spacial score (nSPS) is 20.0. The van der Waals surface area contributed by atoms with Crippen LogP contribution in [0.3, 0.4) is 0 Å². The lowest BCUT2D eigenvalue weighted by atomic mass is 10.1. The number of fused-ring (bicyclic) bond motifs is 1. The van der Waals surface area contributed by atoms with Gasteiger partial charge in [0.1, 0.15) is 13.2 Å². The van der Waals surface area contributed by atoms with Gasteiger partial charge >= 0.3 is 0 Å². The van der Waals surface area contributed by atoms with Gasteiger partial charge in [-0.15, -0.1) is 11.3 Å². The Hall–Kier alpha value is -2.80. The summed E-state index contributed by atoms with van der Waals surface area (Å²) >= 11 is 1.66. The van der Waals surface area contributed by atoms with Crippen molar-refractivity contribution in [2.75, 3.05) is 18.1 Å². The highest BCUT2D eigenvalue weighted by molar-refractivity contribution is 7.09. The molecule has 0 N–H and O–H groups in total. The third-order valence-corrected chi connectivity index (χ3v) is 6.12. The van der Waals surface area contributed by atoms with Gasteiger partial charge in [-0.05, 0) is 41.5 Å². The minimum absolute atomic E-state index is 0.00244. The van der Waals surface area contributed by atoms with Crippen LogP contribution in [0, 0.1) is 5.92 Å². The molecule has 0 saturated heterocycles. The lowest BCUT2D eigenvalue weighted by Gasteiger charge is -2.25. The number of aryl methyl sites for hydroxylation is 1. The molecule has 0 bridgehead atoms. The van der Waals surface area contributed by atoms with E-state index in [0.717, 1.165) is 28.3 Å². The molecule has 6 nitrogen and oxygen atoms in total. The molecule has 0 unspecified atom stereocenters. The summed E-state index contributed by atoms with van der Waals surface area (Å²) in [5.74, 6) is 1.84. The maximum atomic E-state index is 13.4. The van der Waals surface area contributed by atoms with Crippen LogP contribution < -0.4 is 14.4 Å². The molecule has 1 aliphatic heterocycles. The number of hydrogen-bond acceptors (Lipinski definition) is 5. The molecular weight excluding hydrogens is 374 g/mol. The van der Waals surface area contributed by atoms with Crippen LogP contribution in [0.25, 0.3) is 0 Å². The third kappa shape index (κ3) is 3.26. The molecule has 2 atom stereocenters. The van der Waals surface area contributed by atoms with Crippen LogP contribution in [-0.2, 0) is 18.4 Å². The minimum atomic E-state index is -0.00244. The Morgan fingerprint density at radius 3 is 2.89 bits per heavy atom. The van der Waals surface area contributed by atoms with Crippen LogP contribution in [0.4, 0.5) is 5.69 Å².